The zero-order valence-electron chi connectivity index (χ0n) is 9.39. The van der Waals surface area contributed by atoms with E-state index in [0.717, 1.165) is 31.2 Å². The van der Waals surface area contributed by atoms with Gasteiger partial charge in [-0.15, -0.1) is 0 Å². The lowest BCUT2D eigenvalue weighted by atomic mass is 9.79. The van der Waals surface area contributed by atoms with Crippen LogP contribution < -0.4 is 11.5 Å². The van der Waals surface area contributed by atoms with Crippen molar-refractivity contribution in [2.24, 2.45) is 5.73 Å². The first-order valence-corrected chi connectivity index (χ1v) is 5.76. The minimum absolute atomic E-state index is 0.253. The summed E-state index contributed by atoms with van der Waals surface area (Å²) in [7, 11) is 0. The number of aliphatic hydroxyl groups is 1. The molecule has 1 aliphatic rings. The molecule has 4 nitrogen and oxygen atoms in total. The molecule has 1 aromatic rings. The molecule has 16 heavy (non-hydrogen) atoms. The van der Waals surface area contributed by atoms with E-state index in [9.17, 15) is 5.11 Å². The molecule has 0 saturated heterocycles. The number of aromatic nitrogens is 1. The molecule has 0 aliphatic heterocycles. The van der Waals surface area contributed by atoms with Crippen LogP contribution in [0.4, 0.5) is 5.82 Å². The highest BCUT2D eigenvalue weighted by Crippen LogP contribution is 2.30. The standard InChI is InChI=1S/C12H19N3O/c13-10-1-4-12(16,5-2-10)8-9-3-6-15-11(14)7-9/h3,6-7,10,16H,1-2,4-5,8,13H2,(H2,14,15). The lowest BCUT2D eigenvalue weighted by Crippen LogP contribution is -2.40. The van der Waals surface area contributed by atoms with E-state index in [1.165, 1.54) is 0 Å². The Kier molecular flexibility index (Phi) is 3.12. The van der Waals surface area contributed by atoms with Crippen LogP contribution in [0.1, 0.15) is 31.2 Å². The zero-order chi connectivity index (χ0) is 11.6. The van der Waals surface area contributed by atoms with Crippen LogP contribution in [0.15, 0.2) is 18.3 Å². The normalized spacial score (nSPS) is 30.2. The van der Waals surface area contributed by atoms with Crippen LogP contribution in [-0.2, 0) is 6.42 Å². The Balaban J connectivity index is 2.03. The molecule has 0 bridgehead atoms. The SMILES string of the molecule is Nc1cc(CC2(O)CCC(N)CC2)ccn1. The average molecular weight is 221 g/mol. The van der Waals surface area contributed by atoms with E-state index in [1.807, 2.05) is 12.1 Å². The molecular weight excluding hydrogens is 202 g/mol. The van der Waals surface area contributed by atoms with E-state index in [2.05, 4.69) is 4.98 Å². The summed E-state index contributed by atoms with van der Waals surface area (Å²) in [5.41, 5.74) is 11.9. The second kappa shape index (κ2) is 4.39. The number of rotatable bonds is 2. The second-order valence-corrected chi connectivity index (χ2v) is 4.83. The van der Waals surface area contributed by atoms with Crippen LogP contribution in [0.2, 0.25) is 0 Å². The number of hydrogen-bond acceptors (Lipinski definition) is 4. The topological polar surface area (TPSA) is 85.2 Å². The van der Waals surface area contributed by atoms with E-state index in [1.54, 1.807) is 6.20 Å². The van der Waals surface area contributed by atoms with E-state index in [-0.39, 0.29) is 6.04 Å². The van der Waals surface area contributed by atoms with Crippen LogP contribution in [0.3, 0.4) is 0 Å². The molecule has 0 aromatic carbocycles. The largest absolute Gasteiger partial charge is 0.390 e. The summed E-state index contributed by atoms with van der Waals surface area (Å²) in [6.45, 7) is 0. The first-order valence-electron chi connectivity index (χ1n) is 5.76. The van der Waals surface area contributed by atoms with Gasteiger partial charge in [0.25, 0.3) is 0 Å². The molecule has 0 radical (unpaired) electrons. The Hall–Kier alpha value is -1.13. The quantitative estimate of drug-likeness (QED) is 0.690. The van der Waals surface area contributed by atoms with Crippen molar-refractivity contribution in [2.45, 2.75) is 43.7 Å². The summed E-state index contributed by atoms with van der Waals surface area (Å²) in [4.78, 5) is 3.94. The van der Waals surface area contributed by atoms with Gasteiger partial charge in [-0.1, -0.05) is 0 Å². The van der Waals surface area contributed by atoms with Gasteiger partial charge in [-0.2, -0.15) is 0 Å². The van der Waals surface area contributed by atoms with Crippen molar-refractivity contribution >= 4 is 5.82 Å². The van der Waals surface area contributed by atoms with Crippen molar-refractivity contribution in [1.29, 1.82) is 0 Å². The van der Waals surface area contributed by atoms with E-state index in [4.69, 9.17) is 11.5 Å². The summed E-state index contributed by atoms with van der Waals surface area (Å²) in [5, 5.41) is 10.4. The Bertz CT molecular complexity index is 359. The average Bonchev–Trinajstić information content (AvgIpc) is 2.23. The molecule has 1 saturated carbocycles. The number of hydrogen-bond donors (Lipinski definition) is 3. The third kappa shape index (κ3) is 2.71. The highest BCUT2D eigenvalue weighted by Gasteiger charge is 2.32. The minimum atomic E-state index is -0.607. The van der Waals surface area contributed by atoms with E-state index >= 15 is 0 Å². The molecule has 1 aliphatic carbocycles. The van der Waals surface area contributed by atoms with E-state index in [0.29, 0.717) is 12.2 Å². The molecule has 0 amide bonds. The van der Waals surface area contributed by atoms with Crippen molar-refractivity contribution in [3.63, 3.8) is 0 Å². The van der Waals surface area contributed by atoms with Crippen molar-refractivity contribution < 1.29 is 5.11 Å². The fourth-order valence-corrected chi connectivity index (χ4v) is 2.34. The molecule has 4 heteroatoms. The van der Waals surface area contributed by atoms with Crippen molar-refractivity contribution in [1.82, 2.24) is 4.98 Å². The lowest BCUT2D eigenvalue weighted by Gasteiger charge is -2.34. The monoisotopic (exact) mass is 221 g/mol. The molecule has 88 valence electrons. The lowest BCUT2D eigenvalue weighted by molar-refractivity contribution is 0.000218. The molecule has 0 atom stereocenters. The van der Waals surface area contributed by atoms with Crippen LogP contribution >= 0.6 is 0 Å². The van der Waals surface area contributed by atoms with E-state index < -0.39 is 5.60 Å². The highest BCUT2D eigenvalue weighted by molar-refractivity contribution is 5.32. The first-order chi connectivity index (χ1) is 7.57. The number of pyridine rings is 1. The van der Waals surface area contributed by atoms with Gasteiger partial charge < -0.3 is 16.6 Å². The van der Waals surface area contributed by atoms with Crippen LogP contribution in [-0.4, -0.2) is 21.7 Å². The van der Waals surface area contributed by atoms with Gasteiger partial charge in [0.05, 0.1) is 5.60 Å². The second-order valence-electron chi connectivity index (χ2n) is 4.83. The highest BCUT2D eigenvalue weighted by atomic mass is 16.3. The predicted molar refractivity (Wildman–Crippen MR) is 63.7 cm³/mol. The summed E-state index contributed by atoms with van der Waals surface area (Å²) in [6, 6.07) is 3.98. The Morgan fingerprint density at radius 2 is 2.12 bits per heavy atom. The minimum Gasteiger partial charge on any atom is -0.390 e. The molecule has 1 fully saturated rings. The molecule has 2 rings (SSSR count). The van der Waals surface area contributed by atoms with Gasteiger partial charge >= 0.3 is 0 Å². The summed E-state index contributed by atoms with van der Waals surface area (Å²) >= 11 is 0. The summed E-state index contributed by atoms with van der Waals surface area (Å²) in [6.07, 6.45) is 5.68. The van der Waals surface area contributed by atoms with Crippen LogP contribution in [0.25, 0.3) is 0 Å². The van der Waals surface area contributed by atoms with Crippen molar-refractivity contribution in [3.8, 4) is 0 Å². The van der Waals surface area contributed by atoms with Gasteiger partial charge in [0.15, 0.2) is 0 Å². The summed E-state index contributed by atoms with van der Waals surface area (Å²) in [5.74, 6) is 0.508. The number of nitrogens with zero attached hydrogens (tertiary/aromatic N) is 1. The Labute approximate surface area is 95.7 Å². The van der Waals surface area contributed by atoms with Crippen LogP contribution in [0.5, 0.6) is 0 Å². The van der Waals surface area contributed by atoms with Crippen LogP contribution in [0, 0.1) is 0 Å². The molecule has 1 aromatic heterocycles. The third-order valence-electron chi connectivity index (χ3n) is 3.34. The number of anilines is 1. The maximum absolute atomic E-state index is 10.4. The molecule has 0 unspecified atom stereocenters. The van der Waals surface area contributed by atoms with Gasteiger partial charge in [-0.25, -0.2) is 4.98 Å². The fraction of sp³-hybridized carbons (Fsp3) is 0.583. The van der Waals surface area contributed by atoms with Crippen molar-refractivity contribution in [3.05, 3.63) is 23.9 Å². The maximum atomic E-state index is 10.4. The molecule has 5 N–H and O–H groups in total. The van der Waals surface area contributed by atoms with Gasteiger partial charge in [0.1, 0.15) is 5.82 Å². The molecular formula is C12H19N3O. The predicted octanol–water partition coefficient (Wildman–Crippen LogP) is 0.839. The maximum Gasteiger partial charge on any atom is 0.123 e. The fourth-order valence-electron chi connectivity index (χ4n) is 2.34. The number of nitrogen functional groups attached to an aromatic ring is 1. The molecule has 0 spiro atoms. The van der Waals surface area contributed by atoms with Gasteiger partial charge in [-0.3, -0.25) is 0 Å². The summed E-state index contributed by atoms with van der Waals surface area (Å²) < 4.78 is 0. The molecule has 1 heterocycles. The van der Waals surface area contributed by atoms with Gasteiger partial charge in [0.2, 0.25) is 0 Å². The first kappa shape index (κ1) is 11.4. The zero-order valence-corrected chi connectivity index (χ0v) is 9.39. The third-order valence-corrected chi connectivity index (χ3v) is 3.34. The Morgan fingerprint density at radius 3 is 2.75 bits per heavy atom. The smallest absolute Gasteiger partial charge is 0.123 e. The van der Waals surface area contributed by atoms with Gasteiger partial charge in [0, 0.05) is 18.7 Å². The Morgan fingerprint density at radius 1 is 1.44 bits per heavy atom. The number of nitrogens with two attached hydrogens (primary N) is 2. The van der Waals surface area contributed by atoms with Gasteiger partial charge in [-0.05, 0) is 43.4 Å². The van der Waals surface area contributed by atoms with Crippen molar-refractivity contribution in [2.75, 3.05) is 5.73 Å².